The van der Waals surface area contributed by atoms with E-state index in [2.05, 4.69) is 15.5 Å². The molecule has 13 nitrogen and oxygen atoms in total. The van der Waals surface area contributed by atoms with Crippen molar-refractivity contribution in [3.63, 3.8) is 0 Å². The van der Waals surface area contributed by atoms with E-state index < -0.39 is 27.0 Å². The van der Waals surface area contributed by atoms with Crippen LogP contribution in [0, 0.1) is 20.2 Å². The van der Waals surface area contributed by atoms with E-state index in [1.807, 2.05) is 0 Å². The fraction of sp³-hybridized carbons (Fsp3) is 0.100. The minimum atomic E-state index is -0.808. The Morgan fingerprint density at radius 3 is 2.50 bits per heavy atom. The van der Waals surface area contributed by atoms with E-state index >= 15 is 0 Å². The van der Waals surface area contributed by atoms with Gasteiger partial charge < -0.3 is 0 Å². The fourth-order valence-corrected chi connectivity index (χ4v) is 4.35. The van der Waals surface area contributed by atoms with Gasteiger partial charge in [0.1, 0.15) is 24.6 Å². The van der Waals surface area contributed by atoms with Crippen molar-refractivity contribution in [2.75, 3.05) is 0 Å². The maximum atomic E-state index is 13.2. The first-order valence-electron chi connectivity index (χ1n) is 9.64. The van der Waals surface area contributed by atoms with Crippen molar-refractivity contribution in [1.82, 2.24) is 25.2 Å². The third-order valence-corrected chi connectivity index (χ3v) is 5.92. The highest BCUT2D eigenvalue weighted by Gasteiger charge is 2.39. The number of aromatic nitrogens is 3. The second-order valence-electron chi connectivity index (χ2n) is 6.99. The molecule has 34 heavy (non-hydrogen) atoms. The minimum Gasteiger partial charge on any atom is -0.271 e. The van der Waals surface area contributed by atoms with Gasteiger partial charge in [-0.3, -0.25) is 35.2 Å². The average molecular weight is 481 g/mol. The van der Waals surface area contributed by atoms with Gasteiger partial charge in [-0.05, 0) is 17.2 Å². The van der Waals surface area contributed by atoms with Crippen LogP contribution in [-0.2, 0) is 16.1 Å². The zero-order chi connectivity index (χ0) is 24.2. The number of thioether (sulfide) groups is 1. The number of nitrogens with one attached hydrogen (secondary N) is 1. The van der Waals surface area contributed by atoms with Crippen LogP contribution in [0.3, 0.4) is 0 Å². The number of carbonyl (C=O) groups is 2. The van der Waals surface area contributed by atoms with Gasteiger partial charge in [-0.2, -0.15) is 5.10 Å². The molecule has 0 radical (unpaired) electrons. The Morgan fingerprint density at radius 1 is 1.12 bits per heavy atom. The van der Waals surface area contributed by atoms with Gasteiger partial charge >= 0.3 is 0 Å². The van der Waals surface area contributed by atoms with Crippen LogP contribution in [0.25, 0.3) is 6.08 Å². The monoisotopic (exact) mass is 481 g/mol. The summed E-state index contributed by atoms with van der Waals surface area (Å²) in [5.41, 5.74) is 3.04. The third kappa shape index (κ3) is 4.91. The summed E-state index contributed by atoms with van der Waals surface area (Å²) in [6.07, 6.45) is 4.07. The first-order chi connectivity index (χ1) is 16.3. The molecule has 172 valence electrons. The first kappa shape index (κ1) is 22.6. The summed E-state index contributed by atoms with van der Waals surface area (Å²) < 4.78 is 1.27. The van der Waals surface area contributed by atoms with Gasteiger partial charge in [0.05, 0.1) is 14.8 Å². The second kappa shape index (κ2) is 9.50. The maximum Gasteiger partial charge on any atom is 0.280 e. The van der Waals surface area contributed by atoms with Crippen molar-refractivity contribution < 1.29 is 19.4 Å². The topological polar surface area (TPSA) is 166 Å². The molecule has 1 aliphatic heterocycles. The molecule has 0 saturated carbocycles. The molecule has 1 saturated heterocycles. The lowest BCUT2D eigenvalue weighted by atomic mass is 10.2. The van der Waals surface area contributed by atoms with Gasteiger partial charge in [0.2, 0.25) is 0 Å². The Bertz CT molecular complexity index is 1310. The molecule has 1 fully saturated rings. The van der Waals surface area contributed by atoms with Crippen LogP contribution >= 0.6 is 11.8 Å². The van der Waals surface area contributed by atoms with E-state index in [1.54, 1.807) is 12.1 Å². The van der Waals surface area contributed by atoms with Crippen molar-refractivity contribution in [3.05, 3.63) is 97.4 Å². The number of rotatable bonds is 7. The zero-order valence-corrected chi connectivity index (χ0v) is 18.0. The van der Waals surface area contributed by atoms with Crippen LogP contribution in [0.2, 0.25) is 0 Å². The van der Waals surface area contributed by atoms with Gasteiger partial charge in [0.25, 0.3) is 23.2 Å². The SMILES string of the molecule is O=C(Cn1cncn1)NN1C(=O)/C(=C/c2cccc([N+](=O)[O-])c2)SC1c1cccc([N+](=O)[O-])c1. The minimum absolute atomic E-state index is 0.141. The molecule has 1 N–H and O–H groups in total. The number of amides is 2. The third-order valence-electron chi connectivity index (χ3n) is 4.66. The Hall–Kier alpha value is -4.59. The van der Waals surface area contributed by atoms with Crippen molar-refractivity contribution in [2.24, 2.45) is 0 Å². The van der Waals surface area contributed by atoms with Crippen molar-refractivity contribution in [2.45, 2.75) is 11.9 Å². The largest absolute Gasteiger partial charge is 0.280 e. The van der Waals surface area contributed by atoms with Crippen LogP contribution in [0.15, 0.2) is 66.1 Å². The summed E-state index contributed by atoms with van der Waals surface area (Å²) in [5, 5.41) is 26.4. The van der Waals surface area contributed by atoms with Crippen molar-refractivity contribution in [1.29, 1.82) is 0 Å². The van der Waals surface area contributed by atoms with Crippen LogP contribution in [-0.4, -0.2) is 41.4 Å². The number of carbonyl (C=O) groups excluding carboxylic acids is 2. The summed E-state index contributed by atoms with van der Waals surface area (Å²) >= 11 is 1.05. The molecular formula is C20H15N7O6S. The molecule has 2 heterocycles. The molecule has 2 aromatic carbocycles. The quantitative estimate of drug-likeness (QED) is 0.303. The summed E-state index contributed by atoms with van der Waals surface area (Å²) in [4.78, 5) is 50.9. The Labute approximate surface area is 195 Å². The Morgan fingerprint density at radius 2 is 1.82 bits per heavy atom. The molecule has 1 aliphatic rings. The number of hydrazine groups is 1. The van der Waals surface area contributed by atoms with Crippen LogP contribution in [0.5, 0.6) is 0 Å². The first-order valence-corrected chi connectivity index (χ1v) is 10.5. The van der Waals surface area contributed by atoms with E-state index in [9.17, 15) is 29.8 Å². The summed E-state index contributed by atoms with van der Waals surface area (Å²) in [7, 11) is 0. The highest BCUT2D eigenvalue weighted by molar-refractivity contribution is 8.04. The molecule has 0 aliphatic carbocycles. The van der Waals surface area contributed by atoms with Crippen LogP contribution in [0.1, 0.15) is 16.5 Å². The zero-order valence-electron chi connectivity index (χ0n) is 17.2. The van der Waals surface area contributed by atoms with Gasteiger partial charge in [-0.25, -0.2) is 14.7 Å². The molecule has 0 bridgehead atoms. The molecule has 0 spiro atoms. The molecule has 2 amide bonds. The molecule has 4 rings (SSSR count). The summed E-state index contributed by atoms with van der Waals surface area (Å²) in [6, 6.07) is 11.5. The number of hydrogen-bond acceptors (Lipinski definition) is 9. The smallest absolute Gasteiger partial charge is 0.271 e. The fourth-order valence-electron chi connectivity index (χ4n) is 3.17. The van der Waals surface area contributed by atoms with Gasteiger partial charge in [0.15, 0.2) is 0 Å². The normalized spacial score (nSPS) is 16.6. The Kier molecular flexibility index (Phi) is 6.31. The average Bonchev–Trinajstić information content (AvgIpc) is 3.43. The number of nitrogens with zero attached hydrogens (tertiary/aromatic N) is 6. The summed E-state index contributed by atoms with van der Waals surface area (Å²) in [5.74, 6) is -1.13. The Balaban J connectivity index is 1.67. The predicted molar refractivity (Wildman–Crippen MR) is 120 cm³/mol. The van der Waals surface area contributed by atoms with Crippen LogP contribution < -0.4 is 5.43 Å². The lowest BCUT2D eigenvalue weighted by molar-refractivity contribution is -0.385. The van der Waals surface area contributed by atoms with E-state index in [1.165, 1.54) is 59.8 Å². The maximum absolute atomic E-state index is 13.2. The van der Waals surface area contributed by atoms with E-state index in [-0.39, 0.29) is 22.8 Å². The number of nitro groups is 2. The molecule has 1 aromatic heterocycles. The van der Waals surface area contributed by atoms with Gasteiger partial charge in [0, 0.05) is 24.3 Å². The number of benzene rings is 2. The number of non-ortho nitro benzene ring substituents is 2. The van der Waals surface area contributed by atoms with Gasteiger partial charge in [-0.15, -0.1) is 0 Å². The predicted octanol–water partition coefficient (Wildman–Crippen LogP) is 2.44. The van der Waals surface area contributed by atoms with Crippen molar-refractivity contribution in [3.8, 4) is 0 Å². The molecular weight excluding hydrogens is 466 g/mol. The second-order valence-corrected chi connectivity index (χ2v) is 8.11. The van der Waals surface area contributed by atoms with E-state index in [4.69, 9.17) is 0 Å². The van der Waals surface area contributed by atoms with Crippen molar-refractivity contribution >= 4 is 41.0 Å². The highest BCUT2D eigenvalue weighted by atomic mass is 32.2. The van der Waals surface area contributed by atoms with E-state index in [0.29, 0.717) is 11.1 Å². The van der Waals surface area contributed by atoms with Gasteiger partial charge in [-0.1, -0.05) is 36.0 Å². The number of nitro benzene ring substituents is 2. The molecule has 1 atom stereocenters. The highest BCUT2D eigenvalue weighted by Crippen LogP contribution is 2.45. The molecule has 3 aromatic rings. The molecule has 14 heteroatoms. The lowest BCUT2D eigenvalue weighted by Crippen LogP contribution is -2.45. The molecule has 1 unspecified atom stereocenters. The lowest BCUT2D eigenvalue weighted by Gasteiger charge is -2.23. The number of hydrogen-bond donors (Lipinski definition) is 1. The van der Waals surface area contributed by atoms with E-state index in [0.717, 1.165) is 16.8 Å². The van der Waals surface area contributed by atoms with Crippen LogP contribution in [0.4, 0.5) is 11.4 Å². The summed E-state index contributed by atoms with van der Waals surface area (Å²) in [6.45, 7) is -0.208. The standard InChI is InChI=1S/C20H15N7O6S/c28-18(10-24-12-21-11-22-24)23-25-19(29)17(8-13-3-1-5-15(7-13)26(30)31)34-20(25)14-4-2-6-16(9-14)27(32)33/h1-9,11-12,20H,10H2,(H,23,28)/b17-8-.